The molecule has 0 unspecified atom stereocenters. The van der Waals surface area contributed by atoms with E-state index in [2.05, 4.69) is 19.9 Å². The molecule has 1 aromatic heterocycles. The van der Waals surface area contributed by atoms with Gasteiger partial charge in [-0.15, -0.1) is 11.3 Å². The van der Waals surface area contributed by atoms with E-state index in [1.54, 1.807) is 0 Å². The molecule has 1 nitrogen and oxygen atoms in total. The normalized spacial score (nSPS) is 18.5. The van der Waals surface area contributed by atoms with Crippen LogP contribution in [-0.2, 0) is 6.42 Å². The van der Waals surface area contributed by atoms with E-state index >= 15 is 0 Å². The van der Waals surface area contributed by atoms with Gasteiger partial charge in [0.25, 0.3) is 0 Å². The maximum atomic E-state index is 6.18. The van der Waals surface area contributed by atoms with Gasteiger partial charge in [0, 0.05) is 15.3 Å². The van der Waals surface area contributed by atoms with Crippen LogP contribution in [0, 0.1) is 0 Å². The van der Waals surface area contributed by atoms with Gasteiger partial charge in [-0.05, 0) is 37.7 Å². The molecule has 0 amide bonds. The van der Waals surface area contributed by atoms with Crippen molar-refractivity contribution >= 4 is 22.9 Å². The lowest BCUT2D eigenvalue weighted by Crippen LogP contribution is -2.21. The highest BCUT2D eigenvalue weighted by atomic mass is 35.5. The number of nitrogens with two attached hydrogens (primary N) is 1. The van der Waals surface area contributed by atoms with E-state index in [1.165, 1.54) is 22.6 Å². The molecule has 3 heteroatoms. The zero-order valence-electron chi connectivity index (χ0n) is 9.35. The van der Waals surface area contributed by atoms with Crippen LogP contribution in [0.25, 0.3) is 0 Å². The molecule has 1 saturated carbocycles. The van der Waals surface area contributed by atoms with Crippen molar-refractivity contribution in [3.8, 4) is 0 Å². The van der Waals surface area contributed by atoms with Crippen LogP contribution in [0.1, 0.15) is 48.8 Å². The summed E-state index contributed by atoms with van der Waals surface area (Å²) >= 11 is 8.03. The van der Waals surface area contributed by atoms with Crippen LogP contribution in [0.4, 0.5) is 0 Å². The van der Waals surface area contributed by atoms with Crippen molar-refractivity contribution in [1.29, 1.82) is 0 Å². The maximum absolute atomic E-state index is 6.18. The summed E-state index contributed by atoms with van der Waals surface area (Å²) in [5.74, 6) is 0.531. The Kier molecular flexibility index (Phi) is 3.11. The second kappa shape index (κ2) is 4.08. The number of rotatable bonds is 4. The number of hydrogen-bond donors (Lipinski definition) is 1. The topological polar surface area (TPSA) is 26.0 Å². The van der Waals surface area contributed by atoms with Crippen molar-refractivity contribution in [2.45, 2.75) is 51.0 Å². The Morgan fingerprint density at radius 1 is 1.53 bits per heavy atom. The molecule has 0 atom stereocenters. The molecule has 2 N–H and O–H groups in total. The van der Waals surface area contributed by atoms with Crippen molar-refractivity contribution in [2.24, 2.45) is 5.73 Å². The highest BCUT2D eigenvalue weighted by Gasteiger charge is 2.37. The van der Waals surface area contributed by atoms with Gasteiger partial charge in [-0.25, -0.2) is 0 Å². The Labute approximate surface area is 101 Å². The Bertz CT molecular complexity index is 353. The van der Waals surface area contributed by atoms with E-state index in [9.17, 15) is 0 Å². The highest BCUT2D eigenvalue weighted by Crippen LogP contribution is 2.39. The van der Waals surface area contributed by atoms with Gasteiger partial charge in [-0.1, -0.05) is 25.4 Å². The molecule has 0 saturated heterocycles. The van der Waals surface area contributed by atoms with Crippen molar-refractivity contribution in [3.63, 3.8) is 0 Å². The van der Waals surface area contributed by atoms with Gasteiger partial charge in [0.05, 0.1) is 5.02 Å². The fourth-order valence-corrected chi connectivity index (χ4v) is 3.32. The van der Waals surface area contributed by atoms with E-state index in [0.717, 1.165) is 17.9 Å². The fourth-order valence-electron chi connectivity index (χ4n) is 1.73. The third-order valence-corrected chi connectivity index (χ3v) is 4.97. The third-order valence-electron chi connectivity index (χ3n) is 3.05. The lowest BCUT2D eigenvalue weighted by molar-refractivity contribution is 0.612. The van der Waals surface area contributed by atoms with Crippen LogP contribution in [0.2, 0.25) is 5.02 Å². The predicted octanol–water partition coefficient (Wildman–Crippen LogP) is 3.95. The number of aryl methyl sites for hydroxylation is 1. The molecular weight excluding hydrogens is 226 g/mol. The van der Waals surface area contributed by atoms with Crippen molar-refractivity contribution in [2.75, 3.05) is 0 Å². The van der Waals surface area contributed by atoms with Crippen LogP contribution < -0.4 is 5.73 Å². The van der Waals surface area contributed by atoms with E-state index in [1.807, 2.05) is 11.3 Å². The molecule has 1 heterocycles. The average molecular weight is 244 g/mol. The van der Waals surface area contributed by atoms with Gasteiger partial charge >= 0.3 is 0 Å². The smallest absolute Gasteiger partial charge is 0.0550 e. The molecule has 1 fully saturated rings. The minimum absolute atomic E-state index is 0.161. The summed E-state index contributed by atoms with van der Waals surface area (Å²) in [6, 6.07) is 2.12. The second-order valence-electron chi connectivity index (χ2n) is 4.94. The van der Waals surface area contributed by atoms with E-state index in [0.29, 0.717) is 5.92 Å². The predicted molar refractivity (Wildman–Crippen MR) is 67.9 cm³/mol. The largest absolute Gasteiger partial charge is 0.325 e. The van der Waals surface area contributed by atoms with Crippen LogP contribution in [0.5, 0.6) is 0 Å². The van der Waals surface area contributed by atoms with Crippen LogP contribution in [0.3, 0.4) is 0 Å². The lowest BCUT2D eigenvalue weighted by atomic mass is 10.1. The van der Waals surface area contributed by atoms with Gasteiger partial charge in [-0.2, -0.15) is 0 Å². The van der Waals surface area contributed by atoms with Crippen LogP contribution >= 0.6 is 22.9 Å². The average Bonchev–Trinajstić information content (AvgIpc) is 2.75. The molecule has 0 radical (unpaired) electrons. The number of thiophene rings is 1. The summed E-state index contributed by atoms with van der Waals surface area (Å²) in [6.45, 7) is 4.37. The SMILES string of the molecule is CC(C)c1sc(CCC2(N)CC2)cc1Cl. The van der Waals surface area contributed by atoms with Gasteiger partial charge in [-0.3, -0.25) is 0 Å². The molecule has 0 spiro atoms. The first-order valence-electron chi connectivity index (χ1n) is 5.57. The monoisotopic (exact) mass is 243 g/mol. The molecule has 0 bridgehead atoms. The van der Waals surface area contributed by atoms with E-state index in [-0.39, 0.29) is 5.54 Å². The first kappa shape index (κ1) is 11.4. The van der Waals surface area contributed by atoms with E-state index < -0.39 is 0 Å². The van der Waals surface area contributed by atoms with Gasteiger partial charge in [0.15, 0.2) is 0 Å². The summed E-state index contributed by atoms with van der Waals surface area (Å²) in [5.41, 5.74) is 6.23. The van der Waals surface area contributed by atoms with Crippen molar-refractivity contribution < 1.29 is 0 Å². The molecule has 1 aromatic rings. The van der Waals surface area contributed by atoms with E-state index in [4.69, 9.17) is 17.3 Å². The molecule has 1 aliphatic rings. The Balaban J connectivity index is 1.99. The summed E-state index contributed by atoms with van der Waals surface area (Å²) < 4.78 is 0. The Morgan fingerprint density at radius 3 is 2.67 bits per heavy atom. The zero-order chi connectivity index (χ0) is 11.1. The third kappa shape index (κ3) is 2.74. The molecule has 2 rings (SSSR count). The summed E-state index contributed by atoms with van der Waals surface area (Å²) in [7, 11) is 0. The molecule has 15 heavy (non-hydrogen) atoms. The second-order valence-corrected chi connectivity index (χ2v) is 6.52. The van der Waals surface area contributed by atoms with Crippen LogP contribution in [-0.4, -0.2) is 5.54 Å². The van der Waals surface area contributed by atoms with Crippen molar-refractivity contribution in [1.82, 2.24) is 0 Å². The summed E-state index contributed by atoms with van der Waals surface area (Å²) in [6.07, 6.45) is 4.60. The zero-order valence-corrected chi connectivity index (χ0v) is 10.9. The highest BCUT2D eigenvalue weighted by molar-refractivity contribution is 7.12. The number of hydrogen-bond acceptors (Lipinski definition) is 2. The van der Waals surface area contributed by atoms with Crippen LogP contribution in [0.15, 0.2) is 6.07 Å². The number of halogens is 1. The fraction of sp³-hybridized carbons (Fsp3) is 0.667. The first-order valence-corrected chi connectivity index (χ1v) is 6.77. The Morgan fingerprint density at radius 2 is 2.20 bits per heavy atom. The molecular formula is C12H18ClNS. The van der Waals surface area contributed by atoms with Gasteiger partial charge in [0.1, 0.15) is 0 Å². The standard InChI is InChI=1S/C12H18ClNS/c1-8(2)11-10(13)7-9(15-11)3-4-12(14)5-6-12/h7-8H,3-6,14H2,1-2H3. The van der Waals surface area contributed by atoms with Gasteiger partial charge in [0.2, 0.25) is 0 Å². The summed E-state index contributed by atoms with van der Waals surface area (Å²) in [5, 5.41) is 0.937. The molecule has 0 aromatic carbocycles. The molecule has 84 valence electrons. The minimum atomic E-state index is 0.161. The Hall–Kier alpha value is -0.0500. The maximum Gasteiger partial charge on any atom is 0.0550 e. The molecule has 0 aliphatic heterocycles. The minimum Gasteiger partial charge on any atom is -0.325 e. The lowest BCUT2D eigenvalue weighted by Gasteiger charge is -2.05. The molecule has 1 aliphatic carbocycles. The quantitative estimate of drug-likeness (QED) is 0.852. The summed E-state index contributed by atoms with van der Waals surface area (Å²) in [4.78, 5) is 2.70. The first-order chi connectivity index (χ1) is 7.00. The van der Waals surface area contributed by atoms with Crippen molar-refractivity contribution in [3.05, 3.63) is 20.8 Å². The van der Waals surface area contributed by atoms with Gasteiger partial charge < -0.3 is 5.73 Å².